The molecule has 1 heterocycles. The van der Waals surface area contributed by atoms with Gasteiger partial charge in [-0.25, -0.2) is 4.79 Å². The van der Waals surface area contributed by atoms with Gasteiger partial charge in [-0.15, -0.1) is 5.10 Å². The van der Waals surface area contributed by atoms with Crippen LogP contribution in [0.4, 0.5) is 5.69 Å². The molecule has 0 aliphatic rings. The molecule has 0 bridgehead atoms. The Balaban J connectivity index is 1.65. The maximum Gasteiger partial charge on any atom is 0.361 e. The number of esters is 1. The average molecular weight is 426 g/mol. The van der Waals surface area contributed by atoms with E-state index in [1.54, 1.807) is 31.2 Å². The van der Waals surface area contributed by atoms with Crippen molar-refractivity contribution in [2.24, 2.45) is 0 Å². The number of aromatic nitrogens is 3. The van der Waals surface area contributed by atoms with Gasteiger partial charge < -0.3 is 24.3 Å². The smallest absolute Gasteiger partial charge is 0.361 e. The van der Waals surface area contributed by atoms with Crippen molar-refractivity contribution in [1.29, 1.82) is 0 Å². The Morgan fingerprint density at radius 1 is 0.968 bits per heavy atom. The van der Waals surface area contributed by atoms with E-state index in [0.29, 0.717) is 34.3 Å². The van der Waals surface area contributed by atoms with Gasteiger partial charge in [0, 0.05) is 17.8 Å². The van der Waals surface area contributed by atoms with Crippen molar-refractivity contribution >= 4 is 17.6 Å². The molecule has 3 aromatic rings. The zero-order valence-electron chi connectivity index (χ0n) is 17.5. The number of hydrogen-bond acceptors (Lipinski definition) is 8. The second-order valence-corrected chi connectivity index (χ2v) is 6.30. The second kappa shape index (κ2) is 9.61. The Kier molecular flexibility index (Phi) is 6.71. The number of para-hydroxylation sites is 1. The maximum absolute atomic E-state index is 12.4. The van der Waals surface area contributed by atoms with Crippen molar-refractivity contribution in [3.05, 3.63) is 53.9 Å². The van der Waals surface area contributed by atoms with Gasteiger partial charge >= 0.3 is 5.97 Å². The molecule has 0 aliphatic carbocycles. The Hall–Kier alpha value is -4.08. The summed E-state index contributed by atoms with van der Waals surface area (Å²) in [4.78, 5) is 26.0. The van der Waals surface area contributed by atoms with Crippen LogP contribution in [0.5, 0.6) is 17.2 Å². The number of rotatable bonds is 8. The summed E-state index contributed by atoms with van der Waals surface area (Å²) in [6.45, 7) is 1.13. The number of ether oxygens (including phenoxy) is 4. The number of aryl methyl sites for hydroxylation is 1. The van der Waals surface area contributed by atoms with E-state index in [0.717, 1.165) is 0 Å². The Morgan fingerprint density at radius 2 is 1.61 bits per heavy atom. The van der Waals surface area contributed by atoms with E-state index in [-0.39, 0.29) is 5.69 Å². The zero-order chi connectivity index (χ0) is 22.4. The van der Waals surface area contributed by atoms with E-state index in [1.165, 1.54) is 26.1 Å². The Morgan fingerprint density at radius 3 is 2.19 bits per heavy atom. The second-order valence-electron chi connectivity index (χ2n) is 6.30. The molecule has 1 N–H and O–H groups in total. The quantitative estimate of drug-likeness (QED) is 0.546. The van der Waals surface area contributed by atoms with Crippen LogP contribution in [0, 0.1) is 6.92 Å². The molecule has 10 nitrogen and oxygen atoms in total. The lowest BCUT2D eigenvalue weighted by atomic mass is 10.2. The Bertz CT molecular complexity index is 1060. The lowest BCUT2D eigenvalue weighted by Gasteiger charge is -2.14. The van der Waals surface area contributed by atoms with E-state index in [9.17, 15) is 9.59 Å². The van der Waals surface area contributed by atoms with Crippen molar-refractivity contribution in [3.8, 4) is 22.9 Å². The van der Waals surface area contributed by atoms with Gasteiger partial charge in [-0.2, -0.15) is 9.90 Å². The van der Waals surface area contributed by atoms with Crippen molar-refractivity contribution in [2.75, 3.05) is 33.3 Å². The maximum atomic E-state index is 12.4. The first-order valence-electron chi connectivity index (χ1n) is 9.23. The van der Waals surface area contributed by atoms with E-state index < -0.39 is 18.5 Å². The summed E-state index contributed by atoms with van der Waals surface area (Å²) >= 11 is 0. The molecule has 0 saturated heterocycles. The fourth-order valence-corrected chi connectivity index (χ4v) is 2.79. The number of nitrogens with one attached hydrogen (secondary N) is 1. The van der Waals surface area contributed by atoms with Crippen LogP contribution in [0.15, 0.2) is 42.5 Å². The first kappa shape index (κ1) is 21.6. The molecule has 0 saturated carbocycles. The highest BCUT2D eigenvalue weighted by atomic mass is 16.5. The molecule has 0 aliphatic heterocycles. The number of methoxy groups -OCH3 is 3. The molecule has 10 heteroatoms. The van der Waals surface area contributed by atoms with E-state index >= 15 is 0 Å². The van der Waals surface area contributed by atoms with Crippen LogP contribution >= 0.6 is 0 Å². The van der Waals surface area contributed by atoms with Gasteiger partial charge in [-0.3, -0.25) is 4.79 Å². The molecule has 162 valence electrons. The molecule has 1 aromatic heterocycles. The highest BCUT2D eigenvalue weighted by Crippen LogP contribution is 2.39. The van der Waals surface area contributed by atoms with Gasteiger partial charge in [-0.05, 0) is 19.1 Å². The topological polar surface area (TPSA) is 114 Å². The molecule has 31 heavy (non-hydrogen) atoms. The van der Waals surface area contributed by atoms with Gasteiger partial charge in [0.25, 0.3) is 5.91 Å². The van der Waals surface area contributed by atoms with Gasteiger partial charge in [-0.1, -0.05) is 18.2 Å². The first-order valence-corrected chi connectivity index (χ1v) is 9.23. The SMILES string of the molecule is COc1cc(NC(=O)COC(=O)c2nn(-c3ccccc3)nc2C)cc(OC)c1OC. The van der Waals surface area contributed by atoms with Crippen LogP contribution in [-0.4, -0.2) is 54.8 Å². The first-order chi connectivity index (χ1) is 15.0. The van der Waals surface area contributed by atoms with Crippen LogP contribution in [0.3, 0.4) is 0 Å². The largest absolute Gasteiger partial charge is 0.493 e. The molecule has 0 atom stereocenters. The van der Waals surface area contributed by atoms with Gasteiger partial charge in [0.05, 0.1) is 32.7 Å². The molecule has 0 spiro atoms. The minimum atomic E-state index is -0.750. The third kappa shape index (κ3) is 4.92. The molecule has 0 fully saturated rings. The van der Waals surface area contributed by atoms with Crippen LogP contribution in [-0.2, 0) is 9.53 Å². The zero-order valence-corrected chi connectivity index (χ0v) is 17.5. The van der Waals surface area contributed by atoms with Crippen molar-refractivity contribution in [2.45, 2.75) is 6.92 Å². The highest BCUT2D eigenvalue weighted by Gasteiger charge is 2.20. The van der Waals surface area contributed by atoms with Crippen LogP contribution < -0.4 is 19.5 Å². The number of benzene rings is 2. The molecular formula is C21H22N4O6. The lowest BCUT2D eigenvalue weighted by molar-refractivity contribution is -0.119. The fraction of sp³-hybridized carbons (Fsp3) is 0.238. The van der Waals surface area contributed by atoms with Crippen LogP contribution in [0.1, 0.15) is 16.2 Å². The van der Waals surface area contributed by atoms with Gasteiger partial charge in [0.1, 0.15) is 0 Å². The summed E-state index contributed by atoms with van der Waals surface area (Å²) in [6, 6.07) is 12.3. The third-order valence-corrected chi connectivity index (χ3v) is 4.25. The van der Waals surface area contributed by atoms with Crippen molar-refractivity contribution in [1.82, 2.24) is 15.0 Å². The summed E-state index contributed by atoms with van der Waals surface area (Å²) in [5, 5.41) is 11.0. The summed E-state index contributed by atoms with van der Waals surface area (Å²) in [7, 11) is 4.42. The minimum absolute atomic E-state index is 0.0319. The van der Waals surface area contributed by atoms with E-state index in [2.05, 4.69) is 15.5 Å². The van der Waals surface area contributed by atoms with E-state index in [4.69, 9.17) is 18.9 Å². The number of nitrogens with zero attached hydrogens (tertiary/aromatic N) is 3. The summed E-state index contributed by atoms with van der Waals surface area (Å²) in [5.41, 5.74) is 1.51. The summed E-state index contributed by atoms with van der Waals surface area (Å²) in [6.07, 6.45) is 0. The normalized spacial score (nSPS) is 10.3. The number of carbonyl (C=O) groups excluding carboxylic acids is 2. The standard InChI is InChI=1S/C21H22N4O6/c1-13-19(24-25(23-13)15-8-6-5-7-9-15)21(27)31-12-18(26)22-14-10-16(28-2)20(30-4)17(11-14)29-3/h5-11H,12H2,1-4H3,(H,22,26). The summed E-state index contributed by atoms with van der Waals surface area (Å²) < 4.78 is 20.8. The van der Waals surface area contributed by atoms with Crippen LogP contribution in [0.25, 0.3) is 5.69 Å². The fourth-order valence-electron chi connectivity index (χ4n) is 2.79. The minimum Gasteiger partial charge on any atom is -0.493 e. The predicted molar refractivity (Wildman–Crippen MR) is 111 cm³/mol. The van der Waals surface area contributed by atoms with E-state index in [1.807, 2.05) is 18.2 Å². The highest BCUT2D eigenvalue weighted by molar-refractivity contribution is 5.95. The van der Waals surface area contributed by atoms with Crippen LogP contribution in [0.2, 0.25) is 0 Å². The Labute approximate surface area is 178 Å². The third-order valence-electron chi connectivity index (χ3n) is 4.25. The van der Waals surface area contributed by atoms with Gasteiger partial charge in [0.15, 0.2) is 23.8 Å². The molecule has 1 amide bonds. The molecule has 3 rings (SSSR count). The number of carbonyl (C=O) groups is 2. The van der Waals surface area contributed by atoms with Crippen molar-refractivity contribution in [3.63, 3.8) is 0 Å². The molecule has 2 aromatic carbocycles. The number of anilines is 1. The summed E-state index contributed by atoms with van der Waals surface area (Å²) in [5.74, 6) is -0.147. The molecular weight excluding hydrogens is 404 g/mol. The number of hydrogen-bond donors (Lipinski definition) is 1. The predicted octanol–water partition coefficient (Wildman–Crippen LogP) is 2.40. The monoisotopic (exact) mass is 426 g/mol. The molecule has 0 unspecified atom stereocenters. The number of amides is 1. The average Bonchev–Trinajstić information content (AvgIpc) is 3.19. The lowest BCUT2D eigenvalue weighted by Crippen LogP contribution is -2.21. The van der Waals surface area contributed by atoms with Gasteiger partial charge in [0.2, 0.25) is 5.75 Å². The van der Waals surface area contributed by atoms with Crippen molar-refractivity contribution < 1.29 is 28.5 Å². The molecule has 0 radical (unpaired) electrons.